The average Bonchev–Trinajstić information content (AvgIpc) is 3.52. The molecule has 48 heavy (non-hydrogen) atoms. The molecular weight excluding hydrogens is 642 g/mol. The monoisotopic (exact) mass is 681 g/mol. The van der Waals surface area contributed by atoms with Crippen molar-refractivity contribution in [2.75, 3.05) is 32.8 Å². The third-order valence-electron chi connectivity index (χ3n) is 10.0. The molecule has 0 spiro atoms. The summed E-state index contributed by atoms with van der Waals surface area (Å²) in [7, 11) is 1.52. The average molecular weight is 682 g/mol. The lowest BCUT2D eigenvalue weighted by molar-refractivity contribution is -0.188. The highest BCUT2D eigenvalue weighted by molar-refractivity contribution is 7.99. The number of methoxy groups -OCH3 is 1. The van der Waals surface area contributed by atoms with E-state index in [4.69, 9.17) is 23.7 Å². The maximum atomic E-state index is 13.4. The molecule has 7 rings (SSSR count). The summed E-state index contributed by atoms with van der Waals surface area (Å²) in [5.41, 5.74) is 4.16. The molecule has 2 aromatic rings. The predicted octanol–water partition coefficient (Wildman–Crippen LogP) is 2.72. The first-order chi connectivity index (χ1) is 23.0. The van der Waals surface area contributed by atoms with Crippen LogP contribution in [0.15, 0.2) is 18.7 Å². The lowest BCUT2D eigenvalue weighted by atomic mass is 9.72. The van der Waals surface area contributed by atoms with Crippen LogP contribution in [0, 0.1) is 13.8 Å². The van der Waals surface area contributed by atoms with Gasteiger partial charge in [-0.1, -0.05) is 12.1 Å². The van der Waals surface area contributed by atoms with Crippen LogP contribution in [0.3, 0.4) is 0 Å². The molecule has 2 aromatic carbocycles. The maximum absolute atomic E-state index is 13.4. The largest absolute Gasteiger partial charge is 0.504 e. The first-order valence-corrected chi connectivity index (χ1v) is 16.9. The molecule has 2 unspecified atom stereocenters. The number of carbonyl (C=O) groups is 3. The highest BCUT2D eigenvalue weighted by Gasteiger charge is 2.61. The Labute approximate surface area is 282 Å². The molecule has 2 saturated heterocycles. The Morgan fingerprint density at radius 3 is 2.58 bits per heavy atom. The van der Waals surface area contributed by atoms with Gasteiger partial charge in [-0.15, -0.1) is 18.3 Å². The molecule has 5 aliphatic rings. The molecule has 13 nitrogen and oxygen atoms in total. The molecule has 14 heteroatoms. The number of cyclic esters (lactones) is 1. The number of aliphatic hydroxyl groups excluding tert-OH is 1. The summed E-state index contributed by atoms with van der Waals surface area (Å²) in [6.45, 7) is 10.5. The number of nitrogens with zero attached hydrogens (tertiary/aromatic N) is 2. The number of aromatic hydroxyl groups is 1. The van der Waals surface area contributed by atoms with Crippen LogP contribution in [-0.4, -0.2) is 95.0 Å². The van der Waals surface area contributed by atoms with Gasteiger partial charge in [0.15, 0.2) is 23.0 Å². The van der Waals surface area contributed by atoms with E-state index in [-0.39, 0.29) is 30.8 Å². The van der Waals surface area contributed by atoms with E-state index in [1.165, 1.54) is 32.7 Å². The summed E-state index contributed by atoms with van der Waals surface area (Å²) in [5, 5.41) is 26.5. The van der Waals surface area contributed by atoms with E-state index in [9.17, 15) is 24.6 Å². The fraction of sp³-hybridized carbons (Fsp3) is 0.500. The smallest absolute Gasteiger partial charge is 0.329 e. The predicted molar refractivity (Wildman–Crippen MR) is 173 cm³/mol. The number of phenols is 1. The third-order valence-corrected chi connectivity index (χ3v) is 11.4. The normalized spacial score (nSPS) is 28.8. The van der Waals surface area contributed by atoms with E-state index in [1.54, 1.807) is 13.0 Å². The molecule has 5 aliphatic heterocycles. The number of nitrogens with one attached hydrogen (secondary N) is 1. The van der Waals surface area contributed by atoms with E-state index in [0.717, 1.165) is 11.1 Å². The van der Waals surface area contributed by atoms with Crippen LogP contribution in [0.1, 0.15) is 64.6 Å². The van der Waals surface area contributed by atoms with Crippen molar-refractivity contribution in [3.05, 3.63) is 52.1 Å². The van der Waals surface area contributed by atoms with Crippen LogP contribution in [-0.2, 0) is 25.5 Å². The van der Waals surface area contributed by atoms with Crippen molar-refractivity contribution in [1.82, 2.24) is 15.1 Å². The summed E-state index contributed by atoms with van der Waals surface area (Å²) in [4.78, 5) is 42.4. The zero-order valence-electron chi connectivity index (χ0n) is 27.4. The highest BCUT2D eigenvalue weighted by Crippen LogP contribution is 2.64. The molecule has 0 radical (unpaired) electrons. The summed E-state index contributed by atoms with van der Waals surface area (Å²) >= 11 is 1.37. The molecule has 0 saturated carbocycles. The summed E-state index contributed by atoms with van der Waals surface area (Å²) in [6.07, 6.45) is 1.14. The minimum atomic E-state index is -1.06. The van der Waals surface area contributed by atoms with Crippen LogP contribution >= 0.6 is 11.8 Å². The van der Waals surface area contributed by atoms with Gasteiger partial charge in [0.2, 0.25) is 12.7 Å². The standard InChI is InChI=1S/C34H39N3O10S/c1-7-8-36-20-10-18-9-14(2)28(43-6)27(40)22(18)25(36)26-32-24-23(31-30(45-13-46-31)15(3)29(24)47-17(5)39)21(37(26)33(20)41)11-44-34(42)19(12-48-32)35-16(4)38/h7,9,19-21,25-26,32-33,40-41H,1,8,10-13H2,2-6H3,(H,35,38)/t19?,20-,21+,25+,26?,32-,33+/m1/s1. The van der Waals surface area contributed by atoms with Crippen LogP contribution in [0.4, 0.5) is 0 Å². The Kier molecular flexibility index (Phi) is 8.25. The van der Waals surface area contributed by atoms with Gasteiger partial charge in [0.1, 0.15) is 24.6 Å². The summed E-state index contributed by atoms with van der Waals surface area (Å²) in [6, 6.07) is -1.27. The van der Waals surface area contributed by atoms with E-state index in [0.29, 0.717) is 58.2 Å². The van der Waals surface area contributed by atoms with Gasteiger partial charge >= 0.3 is 11.9 Å². The second kappa shape index (κ2) is 12.2. The minimum absolute atomic E-state index is 0.0178. The van der Waals surface area contributed by atoms with Gasteiger partial charge in [0.05, 0.1) is 30.5 Å². The van der Waals surface area contributed by atoms with Gasteiger partial charge in [0, 0.05) is 54.4 Å². The number of rotatable bonds is 5. The van der Waals surface area contributed by atoms with E-state index >= 15 is 0 Å². The van der Waals surface area contributed by atoms with Crippen molar-refractivity contribution in [3.63, 3.8) is 0 Å². The van der Waals surface area contributed by atoms with Crippen LogP contribution in [0.5, 0.6) is 28.7 Å². The van der Waals surface area contributed by atoms with E-state index in [2.05, 4.69) is 16.8 Å². The Balaban J connectivity index is 1.54. The number of hydrogen-bond acceptors (Lipinski definition) is 13. The van der Waals surface area contributed by atoms with Gasteiger partial charge in [-0.25, -0.2) is 4.79 Å². The molecule has 3 N–H and O–H groups in total. The number of ether oxygens (including phenoxy) is 5. The van der Waals surface area contributed by atoms with E-state index in [1.807, 2.05) is 17.9 Å². The van der Waals surface area contributed by atoms with Crippen molar-refractivity contribution < 1.29 is 48.3 Å². The second-order valence-electron chi connectivity index (χ2n) is 12.8. The topological polar surface area (TPSA) is 156 Å². The lowest BCUT2D eigenvalue weighted by Crippen LogP contribution is -2.70. The van der Waals surface area contributed by atoms with Crippen molar-refractivity contribution in [2.24, 2.45) is 0 Å². The Morgan fingerprint density at radius 2 is 1.90 bits per heavy atom. The molecule has 0 aromatic heterocycles. The van der Waals surface area contributed by atoms with Crippen LogP contribution in [0.2, 0.25) is 0 Å². The van der Waals surface area contributed by atoms with Crippen LogP contribution < -0.4 is 24.3 Å². The number of amides is 1. The fourth-order valence-corrected chi connectivity index (χ4v) is 9.88. The van der Waals surface area contributed by atoms with Crippen molar-refractivity contribution in [3.8, 4) is 28.7 Å². The van der Waals surface area contributed by atoms with Gasteiger partial charge in [0.25, 0.3) is 0 Å². The number of fused-ring (bicyclic) bond motifs is 9. The van der Waals surface area contributed by atoms with Gasteiger partial charge in [-0.2, -0.15) is 0 Å². The van der Waals surface area contributed by atoms with E-state index < -0.39 is 53.6 Å². The number of hydrogen-bond donors (Lipinski definition) is 3. The third kappa shape index (κ3) is 4.83. The molecular formula is C34H39N3O10S. The van der Waals surface area contributed by atoms with Crippen molar-refractivity contribution >= 4 is 29.6 Å². The minimum Gasteiger partial charge on any atom is -0.504 e. The summed E-state index contributed by atoms with van der Waals surface area (Å²) in [5.74, 6) is 0.124. The first kappa shape index (κ1) is 32.6. The SMILES string of the molecule is C=CCN1[C@@H]2Cc3cc(C)c(OC)c(O)c3[C@H]1C1[C@@H]3SCC(NC(C)=O)C(=O)OC[C@@H](c4c5c(c(C)c(OC(C)=O)c43)OCO5)N1[C@H]2O. The molecule has 5 heterocycles. The number of thioether (sulfide) groups is 1. The fourth-order valence-electron chi connectivity index (χ4n) is 8.37. The molecule has 256 valence electrons. The zero-order chi connectivity index (χ0) is 34.2. The molecule has 4 bridgehead atoms. The molecule has 2 fully saturated rings. The second-order valence-corrected chi connectivity index (χ2v) is 14.0. The molecule has 0 aliphatic carbocycles. The Hall–Kier alpha value is -3.98. The number of phenolic OH excluding ortho intramolecular Hbond substituents is 1. The highest BCUT2D eigenvalue weighted by atomic mass is 32.2. The number of piperazine rings is 1. The van der Waals surface area contributed by atoms with Gasteiger partial charge in [-0.3, -0.25) is 19.4 Å². The summed E-state index contributed by atoms with van der Waals surface area (Å²) < 4.78 is 29.6. The Bertz CT molecular complexity index is 1730. The van der Waals surface area contributed by atoms with Gasteiger partial charge < -0.3 is 39.2 Å². The van der Waals surface area contributed by atoms with Gasteiger partial charge in [-0.05, 0) is 31.4 Å². The number of aliphatic hydroxyl groups is 1. The lowest BCUT2D eigenvalue weighted by Gasteiger charge is -2.62. The number of aryl methyl sites for hydroxylation is 1. The molecule has 1 amide bonds. The first-order valence-electron chi connectivity index (χ1n) is 15.9. The zero-order valence-corrected chi connectivity index (χ0v) is 28.2. The number of benzene rings is 2. The van der Waals surface area contributed by atoms with Crippen LogP contribution in [0.25, 0.3) is 0 Å². The van der Waals surface area contributed by atoms with Crippen molar-refractivity contribution in [2.45, 2.75) is 75.8 Å². The Morgan fingerprint density at radius 1 is 1.15 bits per heavy atom. The van der Waals surface area contributed by atoms with Crippen molar-refractivity contribution in [1.29, 1.82) is 0 Å². The molecule has 7 atom stereocenters. The maximum Gasteiger partial charge on any atom is 0.329 e. The number of carbonyl (C=O) groups excluding carboxylic acids is 3. The number of esters is 2. The quantitative estimate of drug-likeness (QED) is 0.241.